The second kappa shape index (κ2) is 5.16. The Hall–Kier alpha value is -1.44. The van der Waals surface area contributed by atoms with Crippen molar-refractivity contribution in [1.29, 1.82) is 0 Å². The smallest absolute Gasteiger partial charge is 0.310 e. The van der Waals surface area contributed by atoms with Crippen LogP contribution >= 0.6 is 0 Å². The lowest BCUT2D eigenvalue weighted by atomic mass is 9.82. The molecule has 0 aromatic rings. The second-order valence-electron chi connectivity index (χ2n) is 5.61. The van der Waals surface area contributed by atoms with Gasteiger partial charge in [0, 0.05) is 26.2 Å². The highest BCUT2D eigenvalue weighted by atomic mass is 16.5. The number of nitrogens with zero attached hydrogens (tertiary/aromatic N) is 2. The fraction of sp³-hybridized carbons (Fsp3) is 0.692. The first kappa shape index (κ1) is 13.5. The summed E-state index contributed by atoms with van der Waals surface area (Å²) in [6.07, 6.45) is 2.65. The molecule has 0 spiro atoms. The van der Waals surface area contributed by atoms with Crippen LogP contribution in [0.15, 0.2) is 12.2 Å². The second-order valence-corrected chi connectivity index (χ2v) is 5.61. The number of piperazine rings is 1. The molecule has 0 radical (unpaired) electrons. The third-order valence-corrected chi connectivity index (χ3v) is 4.26. The van der Waals surface area contributed by atoms with Gasteiger partial charge in [-0.15, -0.1) is 0 Å². The van der Waals surface area contributed by atoms with Crippen molar-refractivity contribution in [1.82, 2.24) is 15.3 Å². The molecule has 20 heavy (non-hydrogen) atoms. The highest BCUT2D eigenvalue weighted by molar-refractivity contribution is 5.87. The number of rotatable bonds is 3. The third-order valence-electron chi connectivity index (χ3n) is 4.26. The van der Waals surface area contributed by atoms with Crippen molar-refractivity contribution in [3.63, 3.8) is 0 Å². The Bertz CT molecular complexity index is 445. The number of hydrogen-bond acceptors (Lipinski definition) is 5. The molecule has 3 rings (SSSR count). The van der Waals surface area contributed by atoms with Crippen LogP contribution in [0, 0.1) is 11.8 Å². The lowest BCUT2D eigenvalue weighted by Gasteiger charge is -2.33. The maximum absolute atomic E-state index is 12.4. The molecule has 3 heterocycles. The average Bonchev–Trinajstić information content (AvgIpc) is 3.01. The number of carboxylic acid groups (broad SMARTS) is 1. The zero-order valence-corrected chi connectivity index (χ0v) is 11.4. The monoisotopic (exact) mass is 281 g/mol. The number of hydrazine groups is 1. The molecule has 0 aliphatic carbocycles. The predicted octanol–water partition coefficient (Wildman–Crippen LogP) is -1.08. The molecule has 0 aromatic carbocycles. The van der Waals surface area contributed by atoms with Crippen molar-refractivity contribution in [2.24, 2.45) is 11.8 Å². The van der Waals surface area contributed by atoms with E-state index in [9.17, 15) is 14.7 Å². The van der Waals surface area contributed by atoms with E-state index in [0.717, 1.165) is 26.2 Å². The van der Waals surface area contributed by atoms with Crippen LogP contribution < -0.4 is 5.43 Å². The van der Waals surface area contributed by atoms with Gasteiger partial charge in [0.25, 0.3) is 0 Å². The molecular formula is C13H19N3O4. The van der Waals surface area contributed by atoms with Crippen LogP contribution in [-0.4, -0.2) is 72.3 Å². The van der Waals surface area contributed by atoms with Crippen LogP contribution in [0.3, 0.4) is 0 Å². The number of aliphatic carboxylic acids is 1. The average molecular weight is 281 g/mol. The SMILES string of the molecule is CN1CCN(NC(=O)[C@H]2[C@@H](C(=O)O)[C@@H]3C=C[C@H]2O3)CC1. The molecular weight excluding hydrogens is 262 g/mol. The number of fused-ring (bicyclic) bond motifs is 2. The Balaban J connectivity index is 1.64. The van der Waals surface area contributed by atoms with Crippen LogP contribution in [0.25, 0.3) is 0 Å². The lowest BCUT2D eigenvalue weighted by molar-refractivity contribution is -0.148. The Kier molecular flexibility index (Phi) is 3.49. The molecule has 7 nitrogen and oxygen atoms in total. The van der Waals surface area contributed by atoms with Gasteiger partial charge in [0.15, 0.2) is 0 Å². The number of likely N-dealkylation sites (N-methyl/N-ethyl adjacent to an activating group) is 1. The molecule has 3 aliphatic heterocycles. The van der Waals surface area contributed by atoms with Crippen molar-refractivity contribution >= 4 is 11.9 Å². The summed E-state index contributed by atoms with van der Waals surface area (Å²) in [5, 5.41) is 11.1. The standard InChI is InChI=1S/C13H19N3O4/c1-15-4-6-16(7-5-15)14-12(17)10-8-2-3-9(20-8)11(10)13(18)19/h2-3,8-11H,4-7H2,1H3,(H,14,17)(H,18,19)/t8-,9+,10-,11+/m1/s1. The summed E-state index contributed by atoms with van der Waals surface area (Å²) in [4.78, 5) is 25.9. The van der Waals surface area contributed by atoms with Crippen molar-refractivity contribution < 1.29 is 19.4 Å². The fourth-order valence-corrected chi connectivity index (χ4v) is 3.06. The molecule has 0 aromatic heterocycles. The minimum absolute atomic E-state index is 0.251. The van der Waals surface area contributed by atoms with Gasteiger partial charge in [-0.05, 0) is 7.05 Å². The summed E-state index contributed by atoms with van der Waals surface area (Å²) in [7, 11) is 2.04. The van der Waals surface area contributed by atoms with Crippen LogP contribution in [-0.2, 0) is 14.3 Å². The molecule has 0 unspecified atom stereocenters. The number of carbonyl (C=O) groups is 2. The number of hydrogen-bond donors (Lipinski definition) is 2. The van der Waals surface area contributed by atoms with E-state index in [2.05, 4.69) is 10.3 Å². The van der Waals surface area contributed by atoms with Crippen LogP contribution in [0.4, 0.5) is 0 Å². The molecule has 2 fully saturated rings. The van der Waals surface area contributed by atoms with Gasteiger partial charge >= 0.3 is 5.97 Å². The van der Waals surface area contributed by atoms with Crippen molar-refractivity contribution in [3.05, 3.63) is 12.2 Å². The van der Waals surface area contributed by atoms with Crippen molar-refractivity contribution in [2.45, 2.75) is 12.2 Å². The van der Waals surface area contributed by atoms with E-state index in [1.54, 1.807) is 12.2 Å². The molecule has 7 heteroatoms. The molecule has 4 atom stereocenters. The molecule has 3 aliphatic rings. The molecule has 2 bridgehead atoms. The fourth-order valence-electron chi connectivity index (χ4n) is 3.06. The Morgan fingerprint density at radius 3 is 2.35 bits per heavy atom. The first-order valence-electron chi connectivity index (χ1n) is 6.87. The van der Waals surface area contributed by atoms with Gasteiger partial charge in [0.05, 0.1) is 18.1 Å². The minimum Gasteiger partial charge on any atom is -0.481 e. The molecule has 1 amide bonds. The maximum Gasteiger partial charge on any atom is 0.310 e. The van der Waals surface area contributed by atoms with E-state index in [0.29, 0.717) is 0 Å². The molecule has 0 saturated carbocycles. The number of nitrogens with one attached hydrogen (secondary N) is 1. The quantitative estimate of drug-likeness (QED) is 0.640. The van der Waals surface area contributed by atoms with Crippen molar-refractivity contribution in [2.75, 3.05) is 33.2 Å². The lowest BCUT2D eigenvalue weighted by Crippen LogP contribution is -2.55. The maximum atomic E-state index is 12.4. The first-order chi connectivity index (χ1) is 9.56. The van der Waals surface area contributed by atoms with Crippen molar-refractivity contribution in [3.8, 4) is 0 Å². The van der Waals surface area contributed by atoms with Gasteiger partial charge in [-0.2, -0.15) is 0 Å². The van der Waals surface area contributed by atoms with Gasteiger partial charge in [-0.1, -0.05) is 12.2 Å². The Labute approximate surface area is 117 Å². The highest BCUT2D eigenvalue weighted by Gasteiger charge is 2.53. The molecule has 110 valence electrons. The Morgan fingerprint density at radius 2 is 1.75 bits per heavy atom. The summed E-state index contributed by atoms with van der Waals surface area (Å²) in [5.74, 6) is -2.64. The van der Waals surface area contributed by atoms with Crippen LogP contribution in [0.5, 0.6) is 0 Å². The van der Waals surface area contributed by atoms with E-state index >= 15 is 0 Å². The van der Waals surface area contributed by atoms with E-state index in [-0.39, 0.29) is 5.91 Å². The zero-order chi connectivity index (χ0) is 14.3. The minimum atomic E-state index is -0.972. The van der Waals surface area contributed by atoms with Crippen LogP contribution in [0.2, 0.25) is 0 Å². The molecule has 2 N–H and O–H groups in total. The highest BCUT2D eigenvalue weighted by Crippen LogP contribution is 2.39. The number of ether oxygens (including phenoxy) is 1. The van der Waals surface area contributed by atoms with E-state index in [1.807, 2.05) is 12.1 Å². The van der Waals surface area contributed by atoms with Gasteiger partial charge in [-0.3, -0.25) is 15.0 Å². The molecule has 2 saturated heterocycles. The van der Waals surface area contributed by atoms with Gasteiger partial charge < -0.3 is 14.7 Å². The largest absolute Gasteiger partial charge is 0.481 e. The van der Waals surface area contributed by atoms with Gasteiger partial charge in [0.1, 0.15) is 5.92 Å². The van der Waals surface area contributed by atoms with E-state index in [4.69, 9.17) is 4.74 Å². The normalized spacial score (nSPS) is 37.2. The zero-order valence-electron chi connectivity index (χ0n) is 11.4. The predicted molar refractivity (Wildman–Crippen MR) is 69.6 cm³/mol. The summed E-state index contributed by atoms with van der Waals surface area (Å²) >= 11 is 0. The summed E-state index contributed by atoms with van der Waals surface area (Å²) in [6, 6.07) is 0. The number of carboxylic acids is 1. The summed E-state index contributed by atoms with van der Waals surface area (Å²) < 4.78 is 5.51. The summed E-state index contributed by atoms with van der Waals surface area (Å²) in [6.45, 7) is 3.26. The summed E-state index contributed by atoms with van der Waals surface area (Å²) in [5.41, 5.74) is 2.84. The number of carbonyl (C=O) groups excluding carboxylic acids is 1. The van der Waals surface area contributed by atoms with Crippen LogP contribution in [0.1, 0.15) is 0 Å². The Morgan fingerprint density at radius 1 is 1.15 bits per heavy atom. The third kappa shape index (κ3) is 2.32. The van der Waals surface area contributed by atoms with E-state index in [1.165, 1.54) is 0 Å². The first-order valence-corrected chi connectivity index (χ1v) is 6.87. The van der Waals surface area contributed by atoms with E-state index < -0.39 is 30.0 Å². The van der Waals surface area contributed by atoms with Gasteiger partial charge in [-0.25, -0.2) is 5.01 Å². The number of amides is 1. The topological polar surface area (TPSA) is 82.1 Å². The van der Waals surface area contributed by atoms with Gasteiger partial charge in [0.2, 0.25) is 5.91 Å².